The summed E-state index contributed by atoms with van der Waals surface area (Å²) in [4.78, 5) is 0. The molecule has 0 aromatic heterocycles. The lowest BCUT2D eigenvalue weighted by Crippen LogP contribution is -2.36. The zero-order valence-electron chi connectivity index (χ0n) is 9.18. The van der Waals surface area contributed by atoms with Crippen LogP contribution in [-0.2, 0) is 0 Å². The molecule has 3 N–H and O–H groups in total. The van der Waals surface area contributed by atoms with Gasteiger partial charge in [-0.15, -0.1) is 0 Å². The third kappa shape index (κ3) is 2.62. The van der Waals surface area contributed by atoms with Crippen molar-refractivity contribution in [3.05, 3.63) is 35.9 Å². The van der Waals surface area contributed by atoms with E-state index in [-0.39, 0.29) is 12.1 Å². The monoisotopic (exact) mass is 322 g/mol. The Morgan fingerprint density at radius 3 is 2.17 bits per heavy atom. The molecule has 0 aliphatic heterocycles. The first-order valence-electron chi connectivity index (χ1n) is 5.15. The first kappa shape index (κ1) is 14.0. The molecule has 0 radical (unpaired) electrons. The summed E-state index contributed by atoms with van der Waals surface area (Å²) in [6.45, 7) is 0. The van der Waals surface area contributed by atoms with Gasteiger partial charge >= 0.3 is 0 Å². The summed E-state index contributed by atoms with van der Waals surface area (Å²) in [5.74, 6) is 0. The van der Waals surface area contributed by atoms with Gasteiger partial charge in [0.1, 0.15) is 4.33 Å². The zero-order valence-corrected chi connectivity index (χ0v) is 12.2. The second-order valence-corrected chi connectivity index (χ2v) is 7.03. The molecule has 2 nitrogen and oxygen atoms in total. The van der Waals surface area contributed by atoms with Gasteiger partial charge in [-0.05, 0) is 29.3 Å². The summed E-state index contributed by atoms with van der Waals surface area (Å²) in [6, 6.07) is 7.06. The van der Waals surface area contributed by atoms with E-state index in [2.05, 4.69) is 0 Å². The fourth-order valence-electron chi connectivity index (χ4n) is 1.77. The first-order valence-corrected chi connectivity index (χ1v) is 6.66. The van der Waals surface area contributed by atoms with Crippen LogP contribution >= 0.6 is 46.4 Å². The summed E-state index contributed by atoms with van der Waals surface area (Å²) in [5, 5.41) is 7.74. The van der Waals surface area contributed by atoms with Gasteiger partial charge in [-0.2, -0.15) is 0 Å². The third-order valence-electron chi connectivity index (χ3n) is 2.74. The number of alkyl halides is 4. The van der Waals surface area contributed by atoms with Crippen LogP contribution in [0.3, 0.4) is 0 Å². The Hall–Kier alpha value is -0.410. The molecule has 0 amide bonds. The first-order chi connectivity index (χ1) is 8.22. The van der Waals surface area contributed by atoms with Gasteiger partial charge in [0.15, 0.2) is 4.33 Å². The van der Waals surface area contributed by atoms with Crippen molar-refractivity contribution in [2.75, 3.05) is 5.73 Å². The van der Waals surface area contributed by atoms with Crippen molar-refractivity contribution in [3.63, 3.8) is 0 Å². The van der Waals surface area contributed by atoms with Crippen LogP contribution in [0.5, 0.6) is 0 Å². The number of nitrogens with two attached hydrogens (primary N) is 1. The molecule has 1 aromatic carbocycles. The lowest BCUT2D eigenvalue weighted by molar-refractivity contribution is 0.956. The van der Waals surface area contributed by atoms with Crippen LogP contribution in [0.15, 0.2) is 30.3 Å². The SMILES string of the molecule is N=C1CC(Cl)(Cl)C(c2ccc(N)cc2)=CC1(Cl)Cl. The average Bonchev–Trinajstić information content (AvgIpc) is 2.25. The van der Waals surface area contributed by atoms with E-state index in [1.807, 2.05) is 0 Å². The zero-order chi connectivity index (χ0) is 13.6. The molecule has 1 aliphatic rings. The van der Waals surface area contributed by atoms with Crippen LogP contribution < -0.4 is 5.73 Å². The molecule has 6 heteroatoms. The molecule has 18 heavy (non-hydrogen) atoms. The normalized spacial score (nSPS) is 21.6. The van der Waals surface area contributed by atoms with Crippen LogP contribution in [-0.4, -0.2) is 14.4 Å². The number of anilines is 1. The van der Waals surface area contributed by atoms with Crippen molar-refractivity contribution in [1.29, 1.82) is 5.41 Å². The van der Waals surface area contributed by atoms with Crippen molar-refractivity contribution >= 4 is 63.4 Å². The molecule has 0 heterocycles. The number of allylic oxidation sites excluding steroid dienone is 2. The van der Waals surface area contributed by atoms with Crippen LogP contribution in [0.25, 0.3) is 5.57 Å². The highest BCUT2D eigenvalue weighted by atomic mass is 35.5. The molecule has 1 aromatic rings. The maximum absolute atomic E-state index is 7.74. The molecule has 0 unspecified atom stereocenters. The highest BCUT2D eigenvalue weighted by Gasteiger charge is 2.43. The topological polar surface area (TPSA) is 49.9 Å². The quantitative estimate of drug-likeness (QED) is 0.583. The summed E-state index contributed by atoms with van der Waals surface area (Å²) in [7, 11) is 0. The molecule has 0 saturated heterocycles. The largest absolute Gasteiger partial charge is 0.399 e. The van der Waals surface area contributed by atoms with Crippen molar-refractivity contribution in [2.24, 2.45) is 0 Å². The molecular formula is C12H10Cl4N2. The number of hydrogen-bond acceptors (Lipinski definition) is 2. The Bertz CT molecular complexity index is 517. The summed E-state index contributed by atoms with van der Waals surface area (Å²) in [6.07, 6.45) is 1.59. The van der Waals surface area contributed by atoms with E-state index in [4.69, 9.17) is 57.5 Å². The van der Waals surface area contributed by atoms with E-state index in [1.54, 1.807) is 24.3 Å². The number of halogens is 4. The molecule has 0 saturated carbocycles. The summed E-state index contributed by atoms with van der Waals surface area (Å²) in [5.41, 5.74) is 7.72. The molecule has 0 bridgehead atoms. The van der Waals surface area contributed by atoms with E-state index in [0.29, 0.717) is 11.3 Å². The molecule has 0 fully saturated rings. The second-order valence-electron chi connectivity index (χ2n) is 4.16. The predicted molar refractivity (Wildman–Crippen MR) is 80.0 cm³/mol. The minimum atomic E-state index is -1.37. The fraction of sp³-hybridized carbons (Fsp3) is 0.250. The summed E-state index contributed by atoms with van der Waals surface area (Å²) >= 11 is 24.6. The molecule has 1 aliphatic carbocycles. The number of nitrogen functional groups attached to an aromatic ring is 1. The van der Waals surface area contributed by atoms with E-state index in [0.717, 1.165) is 5.56 Å². The lowest BCUT2D eigenvalue weighted by Gasteiger charge is -2.33. The number of nitrogens with one attached hydrogen (secondary N) is 1. The summed E-state index contributed by atoms with van der Waals surface area (Å²) < 4.78 is -2.58. The van der Waals surface area contributed by atoms with Crippen molar-refractivity contribution in [2.45, 2.75) is 15.1 Å². The Labute approximate surface area is 125 Å². The van der Waals surface area contributed by atoms with Gasteiger partial charge in [-0.3, -0.25) is 0 Å². The highest BCUT2D eigenvalue weighted by molar-refractivity contribution is 6.64. The van der Waals surface area contributed by atoms with E-state index in [1.165, 1.54) is 6.08 Å². The van der Waals surface area contributed by atoms with E-state index >= 15 is 0 Å². The highest BCUT2D eigenvalue weighted by Crippen LogP contribution is 2.48. The van der Waals surface area contributed by atoms with Gasteiger partial charge in [0.25, 0.3) is 0 Å². The van der Waals surface area contributed by atoms with Crippen molar-refractivity contribution < 1.29 is 0 Å². The van der Waals surface area contributed by atoms with Crippen LogP contribution in [0.2, 0.25) is 0 Å². The minimum Gasteiger partial charge on any atom is -0.399 e. The van der Waals surface area contributed by atoms with Gasteiger partial charge in [-0.1, -0.05) is 58.5 Å². The predicted octanol–water partition coefficient (Wildman–Crippen LogP) is 4.42. The van der Waals surface area contributed by atoms with Gasteiger partial charge < -0.3 is 11.1 Å². The lowest BCUT2D eigenvalue weighted by atomic mass is 9.91. The van der Waals surface area contributed by atoms with Gasteiger partial charge in [0, 0.05) is 12.1 Å². The van der Waals surface area contributed by atoms with Gasteiger partial charge in [0.2, 0.25) is 0 Å². The Morgan fingerprint density at radius 1 is 1.06 bits per heavy atom. The van der Waals surface area contributed by atoms with Crippen molar-refractivity contribution in [1.82, 2.24) is 0 Å². The number of benzene rings is 1. The fourth-order valence-corrected chi connectivity index (χ4v) is 2.71. The van der Waals surface area contributed by atoms with E-state index in [9.17, 15) is 0 Å². The van der Waals surface area contributed by atoms with Crippen LogP contribution in [0.1, 0.15) is 12.0 Å². The Morgan fingerprint density at radius 2 is 1.61 bits per heavy atom. The molecular weight excluding hydrogens is 314 g/mol. The van der Waals surface area contributed by atoms with Crippen LogP contribution in [0.4, 0.5) is 5.69 Å². The maximum Gasteiger partial charge on any atom is 0.174 e. The molecule has 0 atom stereocenters. The molecule has 0 spiro atoms. The van der Waals surface area contributed by atoms with E-state index < -0.39 is 8.67 Å². The molecule has 96 valence electrons. The number of hydrogen-bond donors (Lipinski definition) is 2. The Kier molecular flexibility index (Phi) is 3.58. The second kappa shape index (κ2) is 4.61. The maximum atomic E-state index is 7.74. The smallest absolute Gasteiger partial charge is 0.174 e. The standard InChI is InChI=1S/C12H10Cl4N2/c13-11(14)6-10(18)12(15,16)5-9(11)7-1-3-8(17)4-2-7/h1-5,18H,6,17H2. The van der Waals surface area contributed by atoms with Gasteiger partial charge in [-0.25, -0.2) is 0 Å². The van der Waals surface area contributed by atoms with Gasteiger partial charge in [0.05, 0.1) is 5.71 Å². The van der Waals surface area contributed by atoms with Crippen molar-refractivity contribution in [3.8, 4) is 0 Å². The van der Waals surface area contributed by atoms with Crippen LogP contribution in [0, 0.1) is 5.41 Å². The third-order valence-corrected chi connectivity index (χ3v) is 4.09. The minimum absolute atomic E-state index is 0.0787. The Balaban J connectivity index is 2.53. The molecule has 2 rings (SSSR count). The number of rotatable bonds is 1. The average molecular weight is 324 g/mol.